The van der Waals surface area contributed by atoms with E-state index in [0.717, 1.165) is 51.4 Å². The van der Waals surface area contributed by atoms with Crippen LogP contribution in [0.25, 0.3) is 0 Å². The van der Waals surface area contributed by atoms with Gasteiger partial charge in [0.15, 0.2) is 0 Å². The van der Waals surface area contributed by atoms with Gasteiger partial charge in [0.05, 0.1) is 43.1 Å². The maximum atomic E-state index is 13.6. The zero-order valence-corrected chi connectivity index (χ0v) is 22.0. The summed E-state index contributed by atoms with van der Waals surface area (Å²) in [5, 5.41) is 18.8. The molecule has 0 amide bonds. The summed E-state index contributed by atoms with van der Waals surface area (Å²) in [6.07, 6.45) is 9.84. The van der Waals surface area contributed by atoms with E-state index < -0.39 is 21.8 Å². The van der Waals surface area contributed by atoms with Gasteiger partial charge in [-0.3, -0.25) is 0 Å². The van der Waals surface area contributed by atoms with Crippen molar-refractivity contribution in [1.29, 1.82) is 0 Å². The van der Waals surface area contributed by atoms with E-state index in [-0.39, 0.29) is 22.9 Å². The SMILES string of the molecule is [B]C([B])(c1ccc(F)cc1)C([B])([B])[C@](C)(O)[C@H]1CC[C@H]2[C@@H]3CC=C4C[C@@H](O)CC[C@]4(C)[C@H]3CC[C@@]21C. The van der Waals surface area contributed by atoms with Gasteiger partial charge in [-0.2, -0.15) is 0 Å². The third kappa shape index (κ3) is 3.61. The Hall–Kier alpha value is -0.930. The molecule has 0 heterocycles. The lowest BCUT2D eigenvalue weighted by atomic mass is 9.23. The molecule has 1 aromatic carbocycles. The first-order valence-electron chi connectivity index (χ1n) is 13.7. The van der Waals surface area contributed by atoms with Crippen LogP contribution in [0.3, 0.4) is 0 Å². The van der Waals surface area contributed by atoms with Gasteiger partial charge >= 0.3 is 0 Å². The summed E-state index contributed by atoms with van der Waals surface area (Å²) < 4.78 is 13.6. The highest BCUT2D eigenvalue weighted by molar-refractivity contribution is 6.54. The second-order valence-corrected chi connectivity index (χ2v) is 13.2. The number of fused-ring (bicyclic) bond motifs is 5. The highest BCUT2D eigenvalue weighted by Crippen LogP contribution is 2.69. The topological polar surface area (TPSA) is 40.5 Å². The Morgan fingerprint density at radius 1 is 0.944 bits per heavy atom. The van der Waals surface area contributed by atoms with Crippen LogP contribution in [0.1, 0.15) is 77.7 Å². The molecule has 8 atom stereocenters. The molecule has 2 N–H and O–H groups in total. The lowest BCUT2D eigenvalue weighted by Gasteiger charge is -2.62. The minimum Gasteiger partial charge on any atom is -0.393 e. The van der Waals surface area contributed by atoms with E-state index in [1.165, 1.54) is 29.8 Å². The predicted molar refractivity (Wildman–Crippen MR) is 146 cm³/mol. The number of hydrogen-bond acceptors (Lipinski definition) is 2. The van der Waals surface area contributed by atoms with Gasteiger partial charge in [-0.15, -0.1) is 0 Å². The monoisotopic (exact) mass is 480 g/mol. The lowest BCUT2D eigenvalue weighted by molar-refractivity contribution is -0.111. The first-order chi connectivity index (χ1) is 16.7. The summed E-state index contributed by atoms with van der Waals surface area (Å²) in [5.74, 6) is 0.991. The summed E-state index contributed by atoms with van der Waals surface area (Å²) in [5.41, 5.74) is 0.280. The Bertz CT molecular complexity index is 1040. The van der Waals surface area contributed by atoms with Gasteiger partial charge in [0.1, 0.15) is 5.82 Å². The molecule has 36 heavy (non-hydrogen) atoms. The summed E-state index contributed by atoms with van der Waals surface area (Å²) in [6, 6.07) is 5.52. The molecule has 184 valence electrons. The summed E-state index contributed by atoms with van der Waals surface area (Å²) in [4.78, 5) is 0. The van der Waals surface area contributed by atoms with Gasteiger partial charge in [-0.25, -0.2) is 4.39 Å². The Morgan fingerprint density at radius 3 is 2.28 bits per heavy atom. The molecule has 0 saturated heterocycles. The minimum absolute atomic E-state index is 0.149. The fourth-order valence-corrected chi connectivity index (χ4v) is 9.24. The maximum Gasteiger partial charge on any atom is 0.123 e. The van der Waals surface area contributed by atoms with Crippen molar-refractivity contribution in [2.75, 3.05) is 0 Å². The molecule has 0 bridgehead atoms. The van der Waals surface area contributed by atoms with Crippen molar-refractivity contribution in [2.45, 2.75) is 94.3 Å². The molecule has 1 aromatic rings. The third-order valence-corrected chi connectivity index (χ3v) is 11.6. The number of aliphatic hydroxyl groups is 2. The summed E-state index contributed by atoms with van der Waals surface area (Å²) in [6.45, 7) is 6.41. The number of benzene rings is 1. The summed E-state index contributed by atoms with van der Waals surface area (Å²) >= 11 is 0. The Kier molecular flexibility index (Phi) is 6.32. The van der Waals surface area contributed by atoms with E-state index in [9.17, 15) is 14.6 Å². The van der Waals surface area contributed by atoms with Gasteiger partial charge in [-0.05, 0) is 105 Å². The zero-order chi connectivity index (χ0) is 26.3. The number of hydrogen-bond donors (Lipinski definition) is 2. The van der Waals surface area contributed by atoms with Crippen LogP contribution < -0.4 is 0 Å². The molecule has 8 radical (unpaired) electrons. The van der Waals surface area contributed by atoms with Crippen molar-refractivity contribution in [2.24, 2.45) is 34.5 Å². The molecular weight excluding hydrogens is 443 g/mol. The fraction of sp³-hybridized carbons (Fsp3) is 0.724. The Morgan fingerprint density at radius 2 is 1.61 bits per heavy atom. The molecule has 0 aromatic heterocycles. The quantitative estimate of drug-likeness (QED) is 0.494. The minimum atomic E-state index is -1.86. The van der Waals surface area contributed by atoms with Crippen molar-refractivity contribution in [3.63, 3.8) is 0 Å². The molecule has 0 unspecified atom stereocenters. The lowest BCUT2D eigenvalue weighted by Crippen LogP contribution is -2.62. The third-order valence-electron chi connectivity index (χ3n) is 11.6. The Labute approximate surface area is 221 Å². The van der Waals surface area contributed by atoms with Gasteiger partial charge in [-0.1, -0.05) is 53.6 Å². The van der Waals surface area contributed by atoms with Crippen LogP contribution in [0.4, 0.5) is 4.39 Å². The maximum absolute atomic E-state index is 13.6. The van der Waals surface area contributed by atoms with E-state index >= 15 is 0 Å². The van der Waals surface area contributed by atoms with Crippen LogP contribution in [0, 0.1) is 40.3 Å². The van der Waals surface area contributed by atoms with Crippen LogP contribution in [0.15, 0.2) is 35.9 Å². The number of halogens is 1. The molecule has 4 aliphatic carbocycles. The van der Waals surface area contributed by atoms with Crippen molar-refractivity contribution in [1.82, 2.24) is 0 Å². The zero-order valence-electron chi connectivity index (χ0n) is 22.0. The highest BCUT2D eigenvalue weighted by atomic mass is 19.1. The highest BCUT2D eigenvalue weighted by Gasteiger charge is 2.64. The standard InChI is InChI=1S/C29H37B4FO2/c1-25-14-12-20(35)16-18(25)6-9-21-22-10-11-24(26(22,2)15-13-23(21)25)27(3,36)29(32,33)28(30,31)17-4-7-19(34)8-5-17/h4-8,20-24,35-36H,9-16H2,1-3H3/t20-,21-,22-,23-,24-,25-,26-,27+/m0/s1. The summed E-state index contributed by atoms with van der Waals surface area (Å²) in [7, 11) is 26.5. The second kappa shape index (κ2) is 8.54. The number of rotatable bonds is 4. The predicted octanol–water partition coefficient (Wildman–Crippen LogP) is 4.46. The Balaban J connectivity index is 1.45. The average molecular weight is 480 g/mol. The average Bonchev–Trinajstić information content (AvgIpc) is 3.17. The van der Waals surface area contributed by atoms with E-state index in [0.29, 0.717) is 23.3 Å². The van der Waals surface area contributed by atoms with E-state index in [1.807, 2.05) is 0 Å². The first kappa shape index (κ1) is 26.7. The van der Waals surface area contributed by atoms with Crippen LogP contribution in [0.5, 0.6) is 0 Å². The first-order valence-corrected chi connectivity index (χ1v) is 13.7. The molecule has 5 rings (SSSR count). The van der Waals surface area contributed by atoms with Gasteiger partial charge < -0.3 is 10.2 Å². The van der Waals surface area contributed by atoms with Crippen LogP contribution in [-0.2, 0) is 5.21 Å². The smallest absolute Gasteiger partial charge is 0.123 e. The molecular formula is C29H37B4FO2. The molecule has 3 saturated carbocycles. The van der Waals surface area contributed by atoms with Crippen molar-refractivity contribution < 1.29 is 14.6 Å². The molecule has 3 fully saturated rings. The van der Waals surface area contributed by atoms with Crippen LogP contribution in [0.2, 0.25) is 5.21 Å². The van der Waals surface area contributed by atoms with Gasteiger partial charge in [0, 0.05) is 0 Å². The molecule has 2 nitrogen and oxygen atoms in total. The van der Waals surface area contributed by atoms with E-state index in [1.54, 1.807) is 6.92 Å². The molecule has 0 spiro atoms. The molecule has 4 aliphatic rings. The molecule has 0 aliphatic heterocycles. The van der Waals surface area contributed by atoms with Crippen molar-refractivity contribution in [3.05, 3.63) is 47.3 Å². The van der Waals surface area contributed by atoms with Crippen molar-refractivity contribution in [3.8, 4) is 0 Å². The van der Waals surface area contributed by atoms with Gasteiger partial charge in [0.25, 0.3) is 0 Å². The van der Waals surface area contributed by atoms with Crippen LogP contribution in [-0.4, -0.2) is 53.3 Å². The van der Waals surface area contributed by atoms with E-state index in [2.05, 4.69) is 19.9 Å². The normalized spacial score (nSPS) is 40.4. The number of aliphatic hydroxyl groups excluding tert-OH is 1. The second-order valence-electron chi connectivity index (χ2n) is 13.2. The van der Waals surface area contributed by atoms with Gasteiger partial charge in [0.2, 0.25) is 0 Å². The largest absolute Gasteiger partial charge is 0.393 e. The van der Waals surface area contributed by atoms with Crippen LogP contribution >= 0.6 is 0 Å². The van der Waals surface area contributed by atoms with Crippen molar-refractivity contribution >= 4 is 31.4 Å². The fourth-order valence-electron chi connectivity index (χ4n) is 9.24. The number of allylic oxidation sites excluding steroid dienone is 1. The molecule has 7 heteroatoms. The van der Waals surface area contributed by atoms with E-state index in [4.69, 9.17) is 31.4 Å².